The number of allylic oxidation sites excluding steroid dienone is 1. The first-order valence-electron chi connectivity index (χ1n) is 8.83. The molecule has 140 valence electrons. The maximum absolute atomic E-state index is 9.27. The van der Waals surface area contributed by atoms with E-state index < -0.39 is 0 Å². The normalized spacial score (nSPS) is 15.0. The number of hydrogen-bond donors (Lipinski definition) is 0. The molecule has 1 atom stereocenters. The highest BCUT2D eigenvalue weighted by atomic mass is 32.2. The van der Waals surface area contributed by atoms with E-state index in [2.05, 4.69) is 22.8 Å². The molecule has 2 aromatic carbocycles. The summed E-state index contributed by atoms with van der Waals surface area (Å²) in [4.78, 5) is 0. The Kier molecular flexibility index (Phi) is 5.31. The predicted octanol–water partition coefficient (Wildman–Crippen LogP) is 4.14. The van der Waals surface area contributed by atoms with Crippen molar-refractivity contribution in [1.82, 2.24) is 14.8 Å². The van der Waals surface area contributed by atoms with Crippen LogP contribution in [0.25, 0.3) is 0 Å². The van der Waals surface area contributed by atoms with E-state index in [9.17, 15) is 5.26 Å². The highest BCUT2D eigenvalue weighted by molar-refractivity contribution is 7.98. The van der Waals surface area contributed by atoms with Crippen LogP contribution in [0.15, 0.2) is 66.3 Å². The molecule has 3 aromatic rings. The average molecular weight is 390 g/mol. The summed E-state index contributed by atoms with van der Waals surface area (Å²) in [5.74, 6) is 2.76. The van der Waals surface area contributed by atoms with Gasteiger partial charge in [0, 0.05) is 12.3 Å². The van der Waals surface area contributed by atoms with Crippen molar-refractivity contribution in [2.24, 2.45) is 0 Å². The Labute approximate surface area is 167 Å². The number of nitriles is 1. The molecule has 2 heterocycles. The lowest BCUT2D eigenvalue weighted by Gasteiger charge is -2.26. The largest absolute Gasteiger partial charge is 0.485 e. The second-order valence-corrected chi connectivity index (χ2v) is 7.10. The van der Waals surface area contributed by atoms with Crippen molar-refractivity contribution < 1.29 is 9.47 Å². The van der Waals surface area contributed by atoms with Crippen LogP contribution in [0.4, 0.5) is 0 Å². The van der Waals surface area contributed by atoms with Gasteiger partial charge in [0.2, 0.25) is 0 Å². The van der Waals surface area contributed by atoms with E-state index in [1.54, 1.807) is 6.08 Å². The van der Waals surface area contributed by atoms with Gasteiger partial charge in [0.1, 0.15) is 6.61 Å². The molecule has 4 rings (SSSR count). The SMILES string of the molecule is C=CCn1c(SCc2ccccc2C#N)nnc1C1COc2ccccc2O1. The van der Waals surface area contributed by atoms with Gasteiger partial charge >= 0.3 is 0 Å². The summed E-state index contributed by atoms with van der Waals surface area (Å²) in [6.07, 6.45) is 1.46. The highest BCUT2D eigenvalue weighted by Gasteiger charge is 2.28. The third kappa shape index (κ3) is 3.59. The zero-order chi connectivity index (χ0) is 19.3. The van der Waals surface area contributed by atoms with Crippen LogP contribution in [0.1, 0.15) is 23.1 Å². The van der Waals surface area contributed by atoms with Gasteiger partial charge in [-0.3, -0.25) is 4.57 Å². The summed E-state index contributed by atoms with van der Waals surface area (Å²) in [6, 6.07) is 17.4. The Morgan fingerprint density at radius 1 is 1.18 bits per heavy atom. The molecule has 0 fully saturated rings. The average Bonchev–Trinajstić information content (AvgIpc) is 3.15. The van der Waals surface area contributed by atoms with Crippen molar-refractivity contribution >= 4 is 11.8 Å². The van der Waals surface area contributed by atoms with Gasteiger partial charge in [-0.1, -0.05) is 48.2 Å². The molecule has 6 nitrogen and oxygen atoms in total. The minimum atomic E-state index is -0.344. The molecule has 0 amide bonds. The molecule has 0 radical (unpaired) electrons. The zero-order valence-electron chi connectivity index (χ0n) is 15.1. The fraction of sp³-hybridized carbons (Fsp3) is 0.190. The van der Waals surface area contributed by atoms with E-state index >= 15 is 0 Å². The van der Waals surface area contributed by atoms with Gasteiger partial charge in [-0.15, -0.1) is 16.8 Å². The second kappa shape index (κ2) is 8.19. The van der Waals surface area contributed by atoms with Crippen LogP contribution in [0, 0.1) is 11.3 Å². The molecule has 0 aliphatic carbocycles. The molecule has 0 bridgehead atoms. The fourth-order valence-electron chi connectivity index (χ4n) is 2.99. The summed E-state index contributed by atoms with van der Waals surface area (Å²) in [6.45, 7) is 4.77. The third-order valence-electron chi connectivity index (χ3n) is 4.35. The van der Waals surface area contributed by atoms with Crippen LogP contribution < -0.4 is 9.47 Å². The van der Waals surface area contributed by atoms with E-state index in [-0.39, 0.29) is 6.10 Å². The molecule has 1 aromatic heterocycles. The standard InChI is InChI=1S/C21H18N4O2S/c1-2-11-25-20(19-13-26-17-9-5-6-10-18(17)27-19)23-24-21(25)28-14-16-8-4-3-7-15(16)12-22/h2-10,19H,1,11,13-14H2. The topological polar surface area (TPSA) is 73.0 Å². The van der Waals surface area contributed by atoms with Crippen molar-refractivity contribution in [3.63, 3.8) is 0 Å². The number of nitrogens with zero attached hydrogens (tertiary/aromatic N) is 4. The lowest BCUT2D eigenvalue weighted by atomic mass is 10.1. The first-order chi connectivity index (χ1) is 13.8. The van der Waals surface area contributed by atoms with Crippen molar-refractivity contribution in [1.29, 1.82) is 5.26 Å². The Morgan fingerprint density at radius 3 is 2.79 bits per heavy atom. The quantitative estimate of drug-likeness (QED) is 0.465. The number of para-hydroxylation sites is 2. The summed E-state index contributed by atoms with van der Waals surface area (Å²) in [5.41, 5.74) is 1.64. The molecule has 1 aliphatic heterocycles. The van der Waals surface area contributed by atoms with E-state index in [4.69, 9.17) is 9.47 Å². The lowest BCUT2D eigenvalue weighted by Crippen LogP contribution is -2.25. The number of thioether (sulfide) groups is 1. The van der Waals surface area contributed by atoms with Crippen LogP contribution in [0.2, 0.25) is 0 Å². The fourth-order valence-corrected chi connectivity index (χ4v) is 3.95. The smallest absolute Gasteiger partial charge is 0.192 e. The summed E-state index contributed by atoms with van der Waals surface area (Å²) < 4.78 is 13.9. The Morgan fingerprint density at radius 2 is 1.96 bits per heavy atom. The Hall–Kier alpha value is -3.24. The van der Waals surface area contributed by atoms with E-state index in [0.29, 0.717) is 36.0 Å². The highest BCUT2D eigenvalue weighted by Crippen LogP contribution is 2.36. The third-order valence-corrected chi connectivity index (χ3v) is 5.36. The van der Waals surface area contributed by atoms with E-state index in [1.165, 1.54) is 11.8 Å². The number of fused-ring (bicyclic) bond motifs is 1. The van der Waals surface area contributed by atoms with Crippen LogP contribution in [-0.2, 0) is 12.3 Å². The van der Waals surface area contributed by atoms with Crippen LogP contribution >= 0.6 is 11.8 Å². The molecule has 7 heteroatoms. The number of aromatic nitrogens is 3. The summed E-state index contributed by atoms with van der Waals surface area (Å²) in [5, 5.41) is 18.7. The van der Waals surface area contributed by atoms with Crippen molar-refractivity contribution in [3.8, 4) is 17.6 Å². The molecule has 0 spiro atoms. The molecule has 1 unspecified atom stereocenters. The Bertz CT molecular complexity index is 1040. The molecule has 28 heavy (non-hydrogen) atoms. The Balaban J connectivity index is 1.56. The number of benzene rings is 2. The minimum absolute atomic E-state index is 0.344. The second-order valence-electron chi connectivity index (χ2n) is 6.16. The lowest BCUT2D eigenvalue weighted by molar-refractivity contribution is 0.0821. The van der Waals surface area contributed by atoms with Crippen molar-refractivity contribution in [2.45, 2.75) is 23.6 Å². The van der Waals surface area contributed by atoms with Gasteiger partial charge in [0.05, 0.1) is 11.6 Å². The van der Waals surface area contributed by atoms with Crippen molar-refractivity contribution in [2.75, 3.05) is 6.61 Å². The van der Waals surface area contributed by atoms with Crippen LogP contribution in [0.3, 0.4) is 0 Å². The summed E-state index contributed by atoms with van der Waals surface area (Å²) in [7, 11) is 0. The first kappa shape index (κ1) is 18.1. The molecule has 0 saturated carbocycles. The maximum atomic E-state index is 9.27. The number of hydrogen-bond acceptors (Lipinski definition) is 6. The van der Waals surface area contributed by atoms with E-state index in [1.807, 2.05) is 53.1 Å². The monoisotopic (exact) mass is 390 g/mol. The van der Waals surface area contributed by atoms with Crippen LogP contribution in [0.5, 0.6) is 11.5 Å². The molecular weight excluding hydrogens is 372 g/mol. The molecule has 1 aliphatic rings. The van der Waals surface area contributed by atoms with Gasteiger partial charge in [-0.2, -0.15) is 5.26 Å². The molecule has 0 N–H and O–H groups in total. The number of rotatable bonds is 6. The molecule has 0 saturated heterocycles. The van der Waals surface area contributed by atoms with E-state index in [0.717, 1.165) is 16.5 Å². The molecular formula is C21H18N4O2S. The summed E-state index contributed by atoms with van der Waals surface area (Å²) >= 11 is 1.53. The minimum Gasteiger partial charge on any atom is -0.485 e. The van der Waals surface area contributed by atoms with Gasteiger partial charge in [-0.25, -0.2) is 0 Å². The van der Waals surface area contributed by atoms with Crippen molar-refractivity contribution in [3.05, 3.63) is 78.1 Å². The maximum Gasteiger partial charge on any atom is 0.192 e. The van der Waals surface area contributed by atoms with Gasteiger partial charge in [0.15, 0.2) is 28.6 Å². The zero-order valence-corrected chi connectivity index (χ0v) is 15.9. The van der Waals surface area contributed by atoms with Gasteiger partial charge in [-0.05, 0) is 23.8 Å². The predicted molar refractivity (Wildman–Crippen MR) is 106 cm³/mol. The van der Waals surface area contributed by atoms with Crippen LogP contribution in [-0.4, -0.2) is 21.4 Å². The van der Waals surface area contributed by atoms with Gasteiger partial charge < -0.3 is 9.47 Å². The number of ether oxygens (including phenoxy) is 2. The first-order valence-corrected chi connectivity index (χ1v) is 9.82. The van der Waals surface area contributed by atoms with Gasteiger partial charge in [0.25, 0.3) is 0 Å².